The van der Waals surface area contributed by atoms with Crippen molar-refractivity contribution in [2.45, 2.75) is 33.1 Å². The number of hydrogen-bond donors (Lipinski definition) is 1. The maximum Gasteiger partial charge on any atom is 0.325 e. The van der Waals surface area contributed by atoms with E-state index >= 15 is 0 Å². The Morgan fingerprint density at radius 2 is 1.59 bits per heavy atom. The van der Waals surface area contributed by atoms with Gasteiger partial charge in [0.25, 0.3) is 5.91 Å². The molecule has 0 radical (unpaired) electrons. The summed E-state index contributed by atoms with van der Waals surface area (Å²) in [7, 11) is 0. The first-order valence-electron chi connectivity index (χ1n) is 8.81. The van der Waals surface area contributed by atoms with E-state index in [0.29, 0.717) is 11.1 Å². The zero-order valence-corrected chi connectivity index (χ0v) is 16.2. The lowest BCUT2D eigenvalue weighted by molar-refractivity contribution is -0.141. The van der Waals surface area contributed by atoms with Crippen LogP contribution in [0, 0.1) is 6.92 Å². The zero-order chi connectivity index (χ0) is 20.0. The average molecular weight is 367 g/mol. The third-order valence-corrected chi connectivity index (χ3v) is 4.22. The minimum Gasteiger partial charge on any atom is -0.456 e. The van der Waals surface area contributed by atoms with E-state index < -0.39 is 5.97 Å². The van der Waals surface area contributed by atoms with Crippen LogP contribution in [-0.4, -0.2) is 30.8 Å². The lowest BCUT2D eigenvalue weighted by Gasteiger charge is -2.18. The van der Waals surface area contributed by atoms with Crippen LogP contribution in [0.15, 0.2) is 48.5 Å². The minimum atomic E-state index is -0.656. The number of carbonyl (C=O) groups excluding carboxylic acids is 3. The number of benzene rings is 2. The lowest BCUT2D eigenvalue weighted by atomic mass is 9.86. The van der Waals surface area contributed by atoms with Gasteiger partial charge in [-0.05, 0) is 29.5 Å². The second-order valence-corrected chi connectivity index (χ2v) is 7.41. The number of rotatable bonds is 6. The fraction of sp³-hybridized carbons (Fsp3) is 0.318. The van der Waals surface area contributed by atoms with Crippen LogP contribution in [-0.2, 0) is 14.9 Å². The molecule has 0 saturated carbocycles. The molecule has 27 heavy (non-hydrogen) atoms. The first kappa shape index (κ1) is 20.4. The number of aryl methyl sites for hydroxylation is 1. The quantitative estimate of drug-likeness (QED) is 0.627. The molecule has 0 aromatic heterocycles. The number of amides is 1. The van der Waals surface area contributed by atoms with Crippen LogP contribution < -0.4 is 5.32 Å². The summed E-state index contributed by atoms with van der Waals surface area (Å²) in [5, 5.41) is 2.50. The van der Waals surface area contributed by atoms with Gasteiger partial charge in [-0.25, -0.2) is 0 Å². The summed E-state index contributed by atoms with van der Waals surface area (Å²) < 4.78 is 4.97. The molecule has 0 fully saturated rings. The Morgan fingerprint density at radius 3 is 2.19 bits per heavy atom. The number of ether oxygens (including phenoxy) is 1. The molecule has 5 nitrogen and oxygen atoms in total. The molecule has 2 aromatic rings. The van der Waals surface area contributed by atoms with Crippen molar-refractivity contribution in [2.24, 2.45) is 0 Å². The van der Waals surface area contributed by atoms with Crippen molar-refractivity contribution in [1.82, 2.24) is 5.32 Å². The zero-order valence-electron chi connectivity index (χ0n) is 16.2. The van der Waals surface area contributed by atoms with Crippen LogP contribution in [0.1, 0.15) is 52.6 Å². The normalized spacial score (nSPS) is 11.0. The molecule has 0 heterocycles. The van der Waals surface area contributed by atoms with E-state index in [9.17, 15) is 14.4 Å². The molecule has 0 atom stereocenters. The van der Waals surface area contributed by atoms with E-state index in [-0.39, 0.29) is 30.3 Å². The van der Waals surface area contributed by atoms with Crippen LogP contribution in [0.25, 0.3) is 0 Å². The molecule has 1 N–H and O–H groups in total. The van der Waals surface area contributed by atoms with E-state index in [0.717, 1.165) is 11.1 Å². The Bertz CT molecular complexity index is 832. The molecule has 0 bridgehead atoms. The predicted molar refractivity (Wildman–Crippen MR) is 104 cm³/mol. The summed E-state index contributed by atoms with van der Waals surface area (Å²) in [6.07, 6.45) is 0. The predicted octanol–water partition coefficient (Wildman–Crippen LogP) is 3.45. The Morgan fingerprint density at radius 1 is 0.963 bits per heavy atom. The van der Waals surface area contributed by atoms with Gasteiger partial charge in [0.15, 0.2) is 12.4 Å². The van der Waals surface area contributed by atoms with Crippen molar-refractivity contribution in [1.29, 1.82) is 0 Å². The molecular weight excluding hydrogens is 342 g/mol. The van der Waals surface area contributed by atoms with Crippen LogP contribution in [0.3, 0.4) is 0 Å². The van der Waals surface area contributed by atoms with Gasteiger partial charge in [-0.1, -0.05) is 63.2 Å². The summed E-state index contributed by atoms with van der Waals surface area (Å²) in [6, 6.07) is 14.4. The molecule has 2 aromatic carbocycles. The molecule has 0 spiro atoms. The standard InChI is InChI=1S/C22H25NO4/c1-15-7-5-6-8-18(15)21(26)23-13-20(25)27-14-19(24)16-9-11-17(12-10-16)22(2,3)4/h5-12H,13-14H2,1-4H3,(H,23,26). The Hall–Kier alpha value is -2.95. The molecule has 1 amide bonds. The number of carbonyl (C=O) groups is 3. The van der Waals surface area contributed by atoms with Gasteiger partial charge in [0, 0.05) is 11.1 Å². The third kappa shape index (κ3) is 5.78. The molecule has 0 unspecified atom stereocenters. The van der Waals surface area contributed by atoms with Crippen LogP contribution in [0.5, 0.6) is 0 Å². The number of esters is 1. The summed E-state index contributed by atoms with van der Waals surface area (Å²) in [4.78, 5) is 36.0. The second-order valence-electron chi connectivity index (χ2n) is 7.41. The molecule has 142 valence electrons. The monoisotopic (exact) mass is 367 g/mol. The van der Waals surface area contributed by atoms with Gasteiger partial charge in [0.1, 0.15) is 6.54 Å². The third-order valence-electron chi connectivity index (χ3n) is 4.22. The summed E-state index contributed by atoms with van der Waals surface area (Å²) >= 11 is 0. The second kappa shape index (κ2) is 8.62. The van der Waals surface area contributed by atoms with Crippen molar-refractivity contribution >= 4 is 17.7 Å². The molecule has 0 aliphatic rings. The lowest BCUT2D eigenvalue weighted by Crippen LogP contribution is -2.31. The SMILES string of the molecule is Cc1ccccc1C(=O)NCC(=O)OCC(=O)c1ccc(C(C)(C)C)cc1. The van der Waals surface area contributed by atoms with E-state index in [2.05, 4.69) is 26.1 Å². The van der Waals surface area contributed by atoms with Gasteiger partial charge in [-0.3, -0.25) is 14.4 Å². The molecular formula is C22H25NO4. The molecule has 0 aliphatic carbocycles. The van der Waals surface area contributed by atoms with E-state index in [1.54, 1.807) is 24.3 Å². The molecule has 5 heteroatoms. The van der Waals surface area contributed by atoms with E-state index in [4.69, 9.17) is 4.74 Å². The molecule has 0 aliphatic heterocycles. The Balaban J connectivity index is 1.82. The minimum absolute atomic E-state index is 0.00333. The summed E-state index contributed by atoms with van der Waals surface area (Å²) in [5.74, 6) is -1.29. The number of nitrogens with one attached hydrogen (secondary N) is 1. The average Bonchev–Trinajstić information content (AvgIpc) is 2.64. The fourth-order valence-corrected chi connectivity index (χ4v) is 2.51. The maximum absolute atomic E-state index is 12.1. The fourth-order valence-electron chi connectivity index (χ4n) is 2.51. The summed E-state index contributed by atoms with van der Waals surface area (Å²) in [6.45, 7) is 7.46. The van der Waals surface area contributed by atoms with Crippen molar-refractivity contribution in [3.05, 3.63) is 70.8 Å². The Labute approximate surface area is 159 Å². The van der Waals surface area contributed by atoms with E-state index in [1.165, 1.54) is 0 Å². The van der Waals surface area contributed by atoms with Gasteiger partial charge >= 0.3 is 5.97 Å². The van der Waals surface area contributed by atoms with Crippen molar-refractivity contribution < 1.29 is 19.1 Å². The van der Waals surface area contributed by atoms with Gasteiger partial charge < -0.3 is 10.1 Å². The highest BCUT2D eigenvalue weighted by molar-refractivity contribution is 5.99. The van der Waals surface area contributed by atoms with Crippen molar-refractivity contribution in [3.63, 3.8) is 0 Å². The van der Waals surface area contributed by atoms with Crippen LogP contribution >= 0.6 is 0 Å². The molecule has 2 rings (SSSR count). The molecule has 0 saturated heterocycles. The highest BCUT2D eigenvalue weighted by Crippen LogP contribution is 2.22. The van der Waals surface area contributed by atoms with Crippen molar-refractivity contribution in [3.8, 4) is 0 Å². The van der Waals surface area contributed by atoms with Crippen molar-refractivity contribution in [2.75, 3.05) is 13.2 Å². The van der Waals surface area contributed by atoms with Gasteiger partial charge in [0.05, 0.1) is 0 Å². The van der Waals surface area contributed by atoms with Gasteiger partial charge in [-0.15, -0.1) is 0 Å². The van der Waals surface area contributed by atoms with Crippen LogP contribution in [0.2, 0.25) is 0 Å². The van der Waals surface area contributed by atoms with Gasteiger partial charge in [0.2, 0.25) is 0 Å². The number of hydrogen-bond acceptors (Lipinski definition) is 4. The highest BCUT2D eigenvalue weighted by atomic mass is 16.5. The smallest absolute Gasteiger partial charge is 0.325 e. The maximum atomic E-state index is 12.1. The van der Waals surface area contributed by atoms with Crippen LogP contribution in [0.4, 0.5) is 0 Å². The first-order chi connectivity index (χ1) is 12.7. The highest BCUT2D eigenvalue weighted by Gasteiger charge is 2.16. The first-order valence-corrected chi connectivity index (χ1v) is 8.81. The topological polar surface area (TPSA) is 72.5 Å². The largest absolute Gasteiger partial charge is 0.456 e. The summed E-state index contributed by atoms with van der Waals surface area (Å²) in [5.41, 5.74) is 2.93. The number of Topliss-reactive ketones (excluding diaryl/α,β-unsaturated/α-hetero) is 1. The Kier molecular flexibility index (Phi) is 6.50. The van der Waals surface area contributed by atoms with E-state index in [1.807, 2.05) is 31.2 Å². The van der Waals surface area contributed by atoms with Gasteiger partial charge in [-0.2, -0.15) is 0 Å². The number of ketones is 1.